The minimum atomic E-state index is -1.04. The van der Waals surface area contributed by atoms with Gasteiger partial charge in [0.25, 0.3) is 0 Å². The van der Waals surface area contributed by atoms with E-state index in [1.54, 1.807) is 6.92 Å². The maximum atomic E-state index is 14.0. The molecule has 4 rings (SSSR count). The number of hydrogen-bond donors (Lipinski definition) is 1. The van der Waals surface area contributed by atoms with Gasteiger partial charge in [0, 0.05) is 48.0 Å². The van der Waals surface area contributed by atoms with Gasteiger partial charge < -0.3 is 19.4 Å². The summed E-state index contributed by atoms with van der Waals surface area (Å²) in [4.78, 5) is 31.7. The van der Waals surface area contributed by atoms with Crippen LogP contribution < -0.4 is 10.1 Å². The molecule has 34 heavy (non-hydrogen) atoms. The third-order valence-corrected chi connectivity index (χ3v) is 5.15. The Hall–Kier alpha value is -4.54. The molecule has 174 valence electrons. The van der Waals surface area contributed by atoms with Crippen molar-refractivity contribution in [2.45, 2.75) is 6.92 Å². The fourth-order valence-electron chi connectivity index (χ4n) is 3.61. The van der Waals surface area contributed by atoms with Crippen molar-refractivity contribution < 1.29 is 23.6 Å². The van der Waals surface area contributed by atoms with Crippen LogP contribution >= 0.6 is 0 Å². The molecule has 2 aromatic carbocycles. The molecule has 0 unspecified atom stereocenters. The third-order valence-electron chi connectivity index (χ3n) is 5.15. The number of nitrogens with zero attached hydrogens (tertiary/aromatic N) is 4. The van der Waals surface area contributed by atoms with Gasteiger partial charge in [0.1, 0.15) is 11.3 Å². The van der Waals surface area contributed by atoms with E-state index >= 15 is 0 Å². The first-order valence-corrected chi connectivity index (χ1v) is 10.2. The van der Waals surface area contributed by atoms with E-state index in [1.165, 1.54) is 13.3 Å². The molecule has 0 amide bonds. The number of aryl methyl sites for hydroxylation is 1. The maximum Gasteiger partial charge on any atom is 0.341 e. The highest BCUT2D eigenvalue weighted by Crippen LogP contribution is 2.35. The van der Waals surface area contributed by atoms with Crippen LogP contribution in [-0.4, -0.2) is 39.1 Å². The van der Waals surface area contributed by atoms with E-state index in [0.717, 1.165) is 23.0 Å². The van der Waals surface area contributed by atoms with Crippen LogP contribution in [0.25, 0.3) is 22.2 Å². The minimum absolute atomic E-state index is 0.0212. The van der Waals surface area contributed by atoms with Crippen molar-refractivity contribution in [2.24, 2.45) is 7.05 Å². The van der Waals surface area contributed by atoms with Crippen molar-refractivity contribution >= 4 is 34.2 Å². The number of halogens is 1. The summed E-state index contributed by atoms with van der Waals surface area (Å²) in [7, 11) is 3.18. The van der Waals surface area contributed by atoms with Crippen LogP contribution in [0.3, 0.4) is 0 Å². The lowest BCUT2D eigenvalue weighted by atomic mass is 10.1. The van der Waals surface area contributed by atoms with Crippen molar-refractivity contribution in [3.05, 3.63) is 70.3 Å². The molecule has 0 atom stereocenters. The molecule has 0 spiro atoms. The highest BCUT2D eigenvalue weighted by Gasteiger charge is 2.23. The zero-order valence-corrected chi connectivity index (χ0v) is 18.5. The molecule has 0 saturated heterocycles. The van der Waals surface area contributed by atoms with Gasteiger partial charge in [-0.05, 0) is 13.0 Å². The highest BCUT2D eigenvalue weighted by molar-refractivity contribution is 6.02. The van der Waals surface area contributed by atoms with E-state index in [1.807, 2.05) is 42.1 Å². The minimum Gasteiger partial charge on any atom is -0.494 e. The Bertz CT molecular complexity index is 1420. The van der Waals surface area contributed by atoms with Crippen molar-refractivity contribution in [1.29, 1.82) is 0 Å². The predicted molar refractivity (Wildman–Crippen MR) is 123 cm³/mol. The number of methoxy groups -OCH3 is 1. The maximum absolute atomic E-state index is 14.0. The zero-order chi connectivity index (χ0) is 24.4. The third kappa shape index (κ3) is 4.10. The standard InChI is InChI=1S/C23H20FN5O5/c1-4-34-22(30)14-11-25-23(26-17-10-19(29(31)32)16(24)9-20(17)33-3)27-21(14)15-12-28(2)18-8-6-5-7-13(15)18/h5-12H,4H2,1-3H3,(H,25,26,27). The molecule has 0 aliphatic rings. The fourth-order valence-corrected chi connectivity index (χ4v) is 3.61. The first kappa shape index (κ1) is 22.6. The smallest absolute Gasteiger partial charge is 0.341 e. The second kappa shape index (κ2) is 9.14. The Morgan fingerprint density at radius 2 is 2.06 bits per heavy atom. The molecule has 0 radical (unpaired) electrons. The number of rotatable bonds is 7. The van der Waals surface area contributed by atoms with Crippen LogP contribution in [0, 0.1) is 15.9 Å². The fraction of sp³-hybridized carbons (Fsp3) is 0.174. The lowest BCUT2D eigenvalue weighted by Crippen LogP contribution is -2.10. The molecular weight excluding hydrogens is 445 g/mol. The van der Waals surface area contributed by atoms with Gasteiger partial charge in [0.05, 0.1) is 30.0 Å². The number of carbonyl (C=O) groups is 1. The van der Waals surface area contributed by atoms with Gasteiger partial charge in [-0.3, -0.25) is 10.1 Å². The van der Waals surface area contributed by atoms with Gasteiger partial charge in [-0.1, -0.05) is 18.2 Å². The Labute approximate surface area is 193 Å². The van der Waals surface area contributed by atoms with Gasteiger partial charge >= 0.3 is 11.7 Å². The molecule has 10 nitrogen and oxygen atoms in total. The molecule has 11 heteroatoms. The second-order valence-electron chi connectivity index (χ2n) is 7.23. The number of carbonyl (C=O) groups excluding carboxylic acids is 1. The number of para-hydroxylation sites is 1. The summed E-state index contributed by atoms with van der Waals surface area (Å²) in [6.45, 7) is 1.87. The van der Waals surface area contributed by atoms with Gasteiger partial charge in [-0.15, -0.1) is 0 Å². The number of fused-ring (bicyclic) bond motifs is 1. The van der Waals surface area contributed by atoms with Crippen LogP contribution in [0.4, 0.5) is 21.7 Å². The molecular formula is C23H20FN5O5. The molecule has 0 bridgehead atoms. The molecule has 4 aromatic rings. The summed E-state index contributed by atoms with van der Waals surface area (Å²) in [5, 5.41) is 14.9. The monoisotopic (exact) mass is 465 g/mol. The van der Waals surface area contributed by atoms with E-state index < -0.39 is 22.4 Å². The van der Waals surface area contributed by atoms with E-state index in [4.69, 9.17) is 9.47 Å². The number of esters is 1. The quantitative estimate of drug-likeness (QED) is 0.239. The van der Waals surface area contributed by atoms with Crippen molar-refractivity contribution in [2.75, 3.05) is 19.0 Å². The first-order chi connectivity index (χ1) is 16.3. The Morgan fingerprint density at radius 3 is 2.76 bits per heavy atom. The van der Waals surface area contributed by atoms with E-state index in [-0.39, 0.29) is 29.6 Å². The van der Waals surface area contributed by atoms with Gasteiger partial charge in [0.15, 0.2) is 0 Å². The number of nitrogens with one attached hydrogen (secondary N) is 1. The largest absolute Gasteiger partial charge is 0.494 e. The average molecular weight is 465 g/mol. The second-order valence-corrected chi connectivity index (χ2v) is 7.23. The number of ether oxygens (including phenoxy) is 2. The van der Waals surface area contributed by atoms with Crippen LogP contribution in [0.5, 0.6) is 5.75 Å². The Balaban J connectivity index is 1.86. The van der Waals surface area contributed by atoms with Gasteiger partial charge in [0.2, 0.25) is 11.8 Å². The number of nitro benzene ring substituents is 1. The zero-order valence-electron chi connectivity index (χ0n) is 18.5. The first-order valence-electron chi connectivity index (χ1n) is 10.2. The lowest BCUT2D eigenvalue weighted by Gasteiger charge is -2.13. The average Bonchev–Trinajstić information content (AvgIpc) is 3.16. The topological polar surface area (TPSA) is 121 Å². The summed E-state index contributed by atoms with van der Waals surface area (Å²) in [5.74, 6) is -1.59. The summed E-state index contributed by atoms with van der Waals surface area (Å²) in [6, 6.07) is 9.51. The van der Waals surface area contributed by atoms with E-state index in [2.05, 4.69) is 15.3 Å². The van der Waals surface area contributed by atoms with Crippen LogP contribution in [-0.2, 0) is 11.8 Å². The summed E-state index contributed by atoms with van der Waals surface area (Å²) >= 11 is 0. The van der Waals surface area contributed by atoms with Crippen molar-refractivity contribution in [1.82, 2.24) is 14.5 Å². The normalized spacial score (nSPS) is 10.8. The predicted octanol–water partition coefficient (Wildman–Crippen LogP) is 4.61. The molecule has 0 aliphatic heterocycles. The number of benzene rings is 2. The van der Waals surface area contributed by atoms with E-state index in [0.29, 0.717) is 11.3 Å². The molecule has 2 heterocycles. The number of hydrogen-bond acceptors (Lipinski definition) is 8. The van der Waals surface area contributed by atoms with Crippen LogP contribution in [0.1, 0.15) is 17.3 Å². The lowest BCUT2D eigenvalue weighted by molar-refractivity contribution is -0.387. The van der Waals surface area contributed by atoms with Crippen LogP contribution in [0.15, 0.2) is 48.8 Å². The summed E-state index contributed by atoms with van der Waals surface area (Å²) in [5.41, 5.74) is 1.41. The summed E-state index contributed by atoms with van der Waals surface area (Å²) in [6.07, 6.45) is 3.15. The SMILES string of the molecule is CCOC(=O)c1cnc(Nc2cc([N+](=O)[O-])c(F)cc2OC)nc1-c1cn(C)c2ccccc12. The molecule has 0 saturated carbocycles. The summed E-state index contributed by atoms with van der Waals surface area (Å²) < 4.78 is 26.2. The van der Waals surface area contributed by atoms with Gasteiger partial charge in [-0.25, -0.2) is 14.8 Å². The number of aromatic nitrogens is 3. The number of anilines is 2. The molecule has 2 aromatic heterocycles. The van der Waals surface area contributed by atoms with E-state index in [9.17, 15) is 19.3 Å². The Morgan fingerprint density at radius 1 is 1.29 bits per heavy atom. The highest BCUT2D eigenvalue weighted by atomic mass is 19.1. The molecule has 1 N–H and O–H groups in total. The molecule has 0 aliphatic carbocycles. The Kier molecular flexibility index (Phi) is 6.09. The van der Waals surface area contributed by atoms with Crippen molar-refractivity contribution in [3.63, 3.8) is 0 Å². The molecule has 0 fully saturated rings. The number of nitro groups is 1. The van der Waals surface area contributed by atoms with Crippen LogP contribution in [0.2, 0.25) is 0 Å². The van der Waals surface area contributed by atoms with Crippen molar-refractivity contribution in [3.8, 4) is 17.0 Å². The van der Waals surface area contributed by atoms with Gasteiger partial charge in [-0.2, -0.15) is 4.39 Å².